The van der Waals surface area contributed by atoms with Gasteiger partial charge in [-0.3, -0.25) is 0 Å². The third-order valence-electron chi connectivity index (χ3n) is 4.42. The minimum Gasteiger partial charge on any atom is -0.493 e. The van der Waals surface area contributed by atoms with E-state index in [9.17, 15) is 0 Å². The van der Waals surface area contributed by atoms with Crippen LogP contribution in [0.3, 0.4) is 0 Å². The maximum absolute atomic E-state index is 5.88. The van der Waals surface area contributed by atoms with E-state index in [0.717, 1.165) is 24.3 Å². The summed E-state index contributed by atoms with van der Waals surface area (Å²) in [6.45, 7) is 13.0. The normalized spacial score (nSPS) is 11.0. The summed E-state index contributed by atoms with van der Waals surface area (Å²) in [4.78, 5) is 2.66. The molecule has 0 heterocycles. The molecule has 0 radical (unpaired) electrons. The van der Waals surface area contributed by atoms with Gasteiger partial charge in [0.2, 0.25) is 0 Å². The second-order valence-electron chi connectivity index (χ2n) is 6.55. The zero-order chi connectivity index (χ0) is 17.5. The Balaban J connectivity index is 2.10. The zero-order valence-corrected chi connectivity index (χ0v) is 15.9. The summed E-state index contributed by atoms with van der Waals surface area (Å²) in [5, 5.41) is 0. The molecular formula is C22H37NO. The Hall–Kier alpha value is -1.28. The molecule has 0 aliphatic carbocycles. The largest absolute Gasteiger partial charge is 0.493 e. The van der Waals surface area contributed by atoms with Crippen molar-refractivity contribution in [1.29, 1.82) is 0 Å². The summed E-state index contributed by atoms with van der Waals surface area (Å²) in [6, 6.07) is 8.11. The van der Waals surface area contributed by atoms with Crippen LogP contribution in [-0.2, 0) is 0 Å². The second kappa shape index (κ2) is 14.1. The summed E-state index contributed by atoms with van der Waals surface area (Å²) >= 11 is 0. The van der Waals surface area contributed by atoms with Gasteiger partial charge in [-0.05, 0) is 51.4 Å². The lowest BCUT2D eigenvalue weighted by Gasteiger charge is -2.21. The molecule has 0 aromatic heterocycles. The Labute approximate surface area is 149 Å². The molecule has 0 fully saturated rings. The van der Waals surface area contributed by atoms with E-state index in [1.165, 1.54) is 64.6 Å². The van der Waals surface area contributed by atoms with Crippen molar-refractivity contribution < 1.29 is 4.74 Å². The van der Waals surface area contributed by atoms with Gasteiger partial charge in [-0.2, -0.15) is 0 Å². The van der Waals surface area contributed by atoms with E-state index in [2.05, 4.69) is 25.3 Å². The van der Waals surface area contributed by atoms with Crippen molar-refractivity contribution in [3.05, 3.63) is 36.4 Å². The van der Waals surface area contributed by atoms with Gasteiger partial charge in [0.25, 0.3) is 0 Å². The van der Waals surface area contributed by atoms with Gasteiger partial charge in [0.15, 0.2) is 0 Å². The number of hydrogen-bond donors (Lipinski definition) is 0. The Morgan fingerprint density at radius 2 is 1.50 bits per heavy atom. The Morgan fingerprint density at radius 3 is 2.17 bits per heavy atom. The molecule has 1 rings (SSSR count). The van der Waals surface area contributed by atoms with E-state index in [1.807, 2.05) is 30.3 Å². The Kier molecular flexibility index (Phi) is 12.2. The smallest absolute Gasteiger partial charge is 0.126 e. The zero-order valence-electron chi connectivity index (χ0n) is 15.9. The monoisotopic (exact) mass is 331 g/mol. The first kappa shape index (κ1) is 20.8. The molecular weight excluding hydrogens is 294 g/mol. The maximum atomic E-state index is 5.88. The number of rotatable bonds is 15. The molecule has 2 heteroatoms. The molecule has 0 amide bonds. The Morgan fingerprint density at radius 1 is 0.875 bits per heavy atom. The van der Waals surface area contributed by atoms with Crippen LogP contribution in [0, 0.1) is 0 Å². The van der Waals surface area contributed by atoms with Crippen LogP contribution in [0.5, 0.6) is 5.75 Å². The standard InChI is InChI=1S/C22H37NO/c1-4-7-17-23(18-8-5-2)19-13-9-10-14-20-24-22-16-12-11-15-21(22)6-3/h6,11-12,15-16H,3-5,7-10,13-14,17-20H2,1-2H3. The van der Waals surface area contributed by atoms with Gasteiger partial charge in [-0.25, -0.2) is 0 Å². The molecule has 1 aromatic rings. The highest BCUT2D eigenvalue weighted by Gasteiger charge is 2.03. The fourth-order valence-corrected chi connectivity index (χ4v) is 2.85. The van der Waals surface area contributed by atoms with Crippen LogP contribution in [0.2, 0.25) is 0 Å². The molecule has 2 nitrogen and oxygen atoms in total. The highest BCUT2D eigenvalue weighted by molar-refractivity contribution is 5.55. The van der Waals surface area contributed by atoms with Gasteiger partial charge >= 0.3 is 0 Å². The number of para-hydroxylation sites is 1. The molecule has 0 aliphatic rings. The van der Waals surface area contributed by atoms with Crippen molar-refractivity contribution in [3.8, 4) is 5.75 Å². The lowest BCUT2D eigenvalue weighted by atomic mass is 10.1. The molecule has 0 unspecified atom stereocenters. The quantitative estimate of drug-likeness (QED) is 0.356. The molecule has 1 aromatic carbocycles. The molecule has 0 saturated carbocycles. The van der Waals surface area contributed by atoms with Gasteiger partial charge in [0.05, 0.1) is 6.61 Å². The molecule has 0 saturated heterocycles. The van der Waals surface area contributed by atoms with Crippen LogP contribution in [0.15, 0.2) is 30.8 Å². The SMILES string of the molecule is C=Cc1ccccc1OCCCCCCN(CCCC)CCCC. The van der Waals surface area contributed by atoms with Crippen LogP contribution in [0.25, 0.3) is 6.08 Å². The molecule has 0 aliphatic heterocycles. The highest BCUT2D eigenvalue weighted by atomic mass is 16.5. The lowest BCUT2D eigenvalue weighted by molar-refractivity contribution is 0.256. The van der Waals surface area contributed by atoms with Crippen molar-refractivity contribution >= 4 is 6.08 Å². The predicted molar refractivity (Wildman–Crippen MR) is 107 cm³/mol. The van der Waals surface area contributed by atoms with E-state index in [0.29, 0.717) is 0 Å². The van der Waals surface area contributed by atoms with Crippen LogP contribution in [0.4, 0.5) is 0 Å². The third-order valence-corrected chi connectivity index (χ3v) is 4.42. The molecule has 0 spiro atoms. The molecule has 24 heavy (non-hydrogen) atoms. The van der Waals surface area contributed by atoms with Crippen molar-refractivity contribution in [2.45, 2.75) is 65.2 Å². The lowest BCUT2D eigenvalue weighted by Crippen LogP contribution is -2.27. The van der Waals surface area contributed by atoms with Crippen molar-refractivity contribution in [1.82, 2.24) is 4.90 Å². The summed E-state index contributed by atoms with van der Waals surface area (Å²) in [5.41, 5.74) is 1.08. The van der Waals surface area contributed by atoms with Crippen molar-refractivity contribution in [2.24, 2.45) is 0 Å². The summed E-state index contributed by atoms with van der Waals surface area (Å²) in [7, 11) is 0. The average Bonchev–Trinajstić information content (AvgIpc) is 2.62. The fourth-order valence-electron chi connectivity index (χ4n) is 2.85. The van der Waals surface area contributed by atoms with Crippen LogP contribution >= 0.6 is 0 Å². The molecule has 0 bridgehead atoms. The van der Waals surface area contributed by atoms with Gasteiger partial charge in [0.1, 0.15) is 5.75 Å². The first-order valence-electron chi connectivity index (χ1n) is 9.88. The number of unbranched alkanes of at least 4 members (excludes halogenated alkanes) is 5. The molecule has 0 atom stereocenters. The minimum absolute atomic E-state index is 0.806. The van der Waals surface area contributed by atoms with E-state index < -0.39 is 0 Å². The summed E-state index contributed by atoms with van der Waals surface area (Å²) < 4.78 is 5.88. The second-order valence-corrected chi connectivity index (χ2v) is 6.55. The molecule has 0 N–H and O–H groups in total. The topological polar surface area (TPSA) is 12.5 Å². The first-order chi connectivity index (χ1) is 11.8. The number of hydrogen-bond acceptors (Lipinski definition) is 2. The van der Waals surface area contributed by atoms with Crippen molar-refractivity contribution in [2.75, 3.05) is 26.2 Å². The highest BCUT2D eigenvalue weighted by Crippen LogP contribution is 2.19. The van der Waals surface area contributed by atoms with Gasteiger partial charge in [-0.15, -0.1) is 0 Å². The van der Waals surface area contributed by atoms with Crippen LogP contribution < -0.4 is 4.74 Å². The Bertz CT molecular complexity index is 422. The maximum Gasteiger partial charge on any atom is 0.126 e. The third kappa shape index (κ3) is 9.12. The van der Waals surface area contributed by atoms with E-state index in [4.69, 9.17) is 4.74 Å². The van der Waals surface area contributed by atoms with Gasteiger partial charge < -0.3 is 9.64 Å². The summed E-state index contributed by atoms with van der Waals surface area (Å²) in [6.07, 6.45) is 12.1. The van der Waals surface area contributed by atoms with Crippen LogP contribution in [-0.4, -0.2) is 31.1 Å². The van der Waals surface area contributed by atoms with E-state index in [1.54, 1.807) is 0 Å². The number of ether oxygens (including phenoxy) is 1. The van der Waals surface area contributed by atoms with E-state index in [-0.39, 0.29) is 0 Å². The molecule has 136 valence electrons. The average molecular weight is 332 g/mol. The van der Waals surface area contributed by atoms with Crippen molar-refractivity contribution in [3.63, 3.8) is 0 Å². The van der Waals surface area contributed by atoms with Crippen LogP contribution in [0.1, 0.15) is 70.8 Å². The van der Waals surface area contributed by atoms with Gasteiger partial charge in [-0.1, -0.05) is 70.4 Å². The fraction of sp³-hybridized carbons (Fsp3) is 0.636. The van der Waals surface area contributed by atoms with E-state index >= 15 is 0 Å². The summed E-state index contributed by atoms with van der Waals surface area (Å²) in [5.74, 6) is 0.956. The van der Waals surface area contributed by atoms with Gasteiger partial charge in [0, 0.05) is 5.56 Å². The predicted octanol–water partition coefficient (Wildman–Crippen LogP) is 6.17. The number of benzene rings is 1. The first-order valence-corrected chi connectivity index (χ1v) is 9.88. The number of nitrogens with zero attached hydrogens (tertiary/aromatic N) is 1. The minimum atomic E-state index is 0.806.